The molecule has 3 aromatic rings. The second-order valence-corrected chi connectivity index (χ2v) is 16.9. The molecule has 0 spiro atoms. The molecule has 0 unspecified atom stereocenters. The van der Waals surface area contributed by atoms with Crippen molar-refractivity contribution in [3.8, 4) is 0 Å². The number of piperazine rings is 1. The zero-order valence-corrected chi connectivity index (χ0v) is 33.5. The first kappa shape index (κ1) is 44.7. The van der Waals surface area contributed by atoms with E-state index in [2.05, 4.69) is 26.6 Å². The van der Waals surface area contributed by atoms with Crippen molar-refractivity contribution in [3.63, 3.8) is 0 Å². The van der Waals surface area contributed by atoms with E-state index in [9.17, 15) is 32.4 Å². The number of imide groups is 1. The largest absolute Gasteiger partial charge is 0.439 e. The molecule has 1 heterocycles. The Morgan fingerprint density at radius 2 is 1.19 bits per heavy atom. The van der Waals surface area contributed by atoms with Crippen molar-refractivity contribution in [2.75, 3.05) is 32.7 Å². The fraction of sp³-hybridized carbons (Fsp3) is 0.439. The van der Waals surface area contributed by atoms with Gasteiger partial charge in [0.2, 0.25) is 17.7 Å². The van der Waals surface area contributed by atoms with Crippen LogP contribution < -0.4 is 38.1 Å². The van der Waals surface area contributed by atoms with Gasteiger partial charge in [-0.3, -0.25) is 19.2 Å². The van der Waals surface area contributed by atoms with Crippen LogP contribution in [0.3, 0.4) is 0 Å². The van der Waals surface area contributed by atoms with Gasteiger partial charge in [-0.25, -0.2) is 10.1 Å². The number of rotatable bonds is 19. The highest BCUT2D eigenvalue weighted by Crippen LogP contribution is 2.26. The van der Waals surface area contributed by atoms with Crippen LogP contribution in [0.25, 0.3) is 0 Å². The summed E-state index contributed by atoms with van der Waals surface area (Å²) in [6.45, 7) is 4.23. The van der Waals surface area contributed by atoms with Crippen LogP contribution in [0.5, 0.6) is 0 Å². The second kappa shape index (κ2) is 21.5. The topological polar surface area (TPSA) is 232 Å². The van der Waals surface area contributed by atoms with Gasteiger partial charge in [0, 0.05) is 19.5 Å². The molecule has 0 aromatic heterocycles. The fourth-order valence-electron chi connectivity index (χ4n) is 6.71. The average molecular weight is 806 g/mol. The molecule has 4 rings (SSSR count). The Bertz CT molecular complexity index is 1890. The molecule has 0 aliphatic carbocycles. The van der Waals surface area contributed by atoms with Gasteiger partial charge in [0.1, 0.15) is 36.1 Å². The Hall–Kier alpha value is -5.00. The normalized spacial score (nSPS) is 16.0. The summed E-state index contributed by atoms with van der Waals surface area (Å²) >= 11 is 0. The number of urea groups is 1. The van der Waals surface area contributed by atoms with E-state index in [4.69, 9.17) is 11.5 Å². The highest BCUT2D eigenvalue weighted by Gasteiger charge is 2.52. The third kappa shape index (κ3) is 12.5. The van der Waals surface area contributed by atoms with E-state index >= 15 is 0 Å². The van der Waals surface area contributed by atoms with E-state index < -0.39 is 67.7 Å². The number of quaternary nitrogens is 1. The number of nitrogens with two attached hydrogens (primary N) is 2. The van der Waals surface area contributed by atoms with Crippen LogP contribution in [-0.2, 0) is 42.0 Å². The van der Waals surface area contributed by atoms with Gasteiger partial charge in [0.15, 0.2) is 0 Å². The highest BCUT2D eigenvalue weighted by atomic mass is 32.2. The molecule has 1 aliphatic rings. The number of nitrogens with one attached hydrogen (secondary N) is 5. The monoisotopic (exact) mass is 805 g/mol. The van der Waals surface area contributed by atoms with Crippen LogP contribution in [0.1, 0.15) is 50.7 Å². The second-order valence-electron chi connectivity index (χ2n) is 14.8. The first-order valence-electron chi connectivity index (χ1n) is 19.5. The number of carbonyl (C=O) groups is 5. The number of unbranched alkanes of at least 4 members (excludes halogenated alkanes) is 1. The number of nitrogens with zero attached hydrogens (tertiary/aromatic N) is 1. The van der Waals surface area contributed by atoms with Crippen molar-refractivity contribution < 1.29 is 36.3 Å². The molecule has 0 radical (unpaired) electrons. The van der Waals surface area contributed by atoms with E-state index in [1.165, 1.54) is 12.1 Å². The minimum absolute atomic E-state index is 0.0606. The predicted molar refractivity (Wildman–Crippen MR) is 216 cm³/mol. The summed E-state index contributed by atoms with van der Waals surface area (Å²) < 4.78 is 26.9. The third-order valence-electron chi connectivity index (χ3n) is 9.87. The van der Waals surface area contributed by atoms with E-state index in [0.717, 1.165) is 11.1 Å². The maximum Gasteiger partial charge on any atom is 0.439 e. The summed E-state index contributed by atoms with van der Waals surface area (Å²) in [7, 11) is -4.30. The van der Waals surface area contributed by atoms with Crippen molar-refractivity contribution in [3.05, 3.63) is 102 Å². The number of hydrogen-bond acceptors (Lipinski definition) is 10. The first-order valence-corrected chi connectivity index (χ1v) is 20.9. The molecule has 4 atom stereocenters. The summed E-state index contributed by atoms with van der Waals surface area (Å²) in [6.07, 6.45) is 1.54. The van der Waals surface area contributed by atoms with Crippen LogP contribution in [0, 0.1) is 5.92 Å². The molecule has 9 N–H and O–H groups in total. The minimum Gasteiger partial charge on any atom is -0.343 e. The fourth-order valence-corrected chi connectivity index (χ4v) is 8.54. The summed E-state index contributed by atoms with van der Waals surface area (Å²) in [5, 5.41) is 13.7. The Kier molecular flexibility index (Phi) is 16.9. The maximum absolute atomic E-state index is 14.0. The standard InChI is InChI=1S/C41H56N8O7S/c1-29(2)26-35(47-40(53)36(28-31-16-8-4-9-17-31)46-37(50)33(43)27-30-14-6-3-7-15-30)39(52)45-34(20-12-13-21-42)38(51)48-41(54)49(24-22-44-23-25-49)57(55,56)32-18-10-5-11-19-32/h3-11,14-19,29,33-36,44H,12-13,20-28,42-43H2,1-2H3,(H3-,45,46,47,48,50,51,52,53,54)/p+1/t33-,34-,35-,36-/m1/s1. The summed E-state index contributed by atoms with van der Waals surface area (Å²) in [6, 6.07) is 20.4. The smallest absolute Gasteiger partial charge is 0.343 e. The summed E-state index contributed by atoms with van der Waals surface area (Å²) in [5.41, 5.74) is 13.6. The zero-order valence-electron chi connectivity index (χ0n) is 32.7. The van der Waals surface area contributed by atoms with Gasteiger partial charge in [0.05, 0.1) is 6.04 Å². The van der Waals surface area contributed by atoms with E-state index in [1.54, 1.807) is 18.2 Å². The minimum atomic E-state index is -4.30. The lowest BCUT2D eigenvalue weighted by Crippen LogP contribution is -2.68. The van der Waals surface area contributed by atoms with Crippen molar-refractivity contribution in [1.29, 1.82) is 0 Å². The quantitative estimate of drug-likeness (QED) is 0.0682. The molecular weight excluding hydrogens is 749 g/mol. The van der Waals surface area contributed by atoms with Gasteiger partial charge in [-0.1, -0.05) is 92.7 Å². The van der Waals surface area contributed by atoms with Crippen molar-refractivity contribution in [2.24, 2.45) is 17.4 Å². The summed E-state index contributed by atoms with van der Waals surface area (Å²) in [5.74, 6) is -2.84. The van der Waals surface area contributed by atoms with Crippen molar-refractivity contribution in [1.82, 2.24) is 26.6 Å². The lowest BCUT2D eigenvalue weighted by Gasteiger charge is -2.37. The molecule has 0 bridgehead atoms. The Morgan fingerprint density at radius 1 is 0.684 bits per heavy atom. The van der Waals surface area contributed by atoms with Crippen molar-refractivity contribution >= 4 is 39.7 Å². The van der Waals surface area contributed by atoms with E-state index in [0.29, 0.717) is 19.4 Å². The van der Waals surface area contributed by atoms with Gasteiger partial charge in [0.25, 0.3) is 5.91 Å². The number of hydrogen-bond donors (Lipinski definition) is 7. The molecule has 0 saturated carbocycles. The van der Waals surface area contributed by atoms with Crippen LogP contribution in [0.15, 0.2) is 95.9 Å². The average Bonchev–Trinajstić information content (AvgIpc) is 3.20. The van der Waals surface area contributed by atoms with Gasteiger partial charge < -0.3 is 32.7 Å². The summed E-state index contributed by atoms with van der Waals surface area (Å²) in [4.78, 5) is 69.2. The van der Waals surface area contributed by atoms with Crippen LogP contribution >= 0.6 is 0 Å². The molecule has 1 aliphatic heterocycles. The predicted octanol–water partition coefficient (Wildman–Crippen LogP) is 1.47. The zero-order chi connectivity index (χ0) is 41.4. The van der Waals surface area contributed by atoms with Gasteiger partial charge in [-0.05, 0) is 67.8 Å². The van der Waals surface area contributed by atoms with Gasteiger partial charge >= 0.3 is 16.1 Å². The number of benzene rings is 3. The van der Waals surface area contributed by atoms with Crippen molar-refractivity contribution in [2.45, 2.75) is 81.4 Å². The van der Waals surface area contributed by atoms with E-state index in [-0.39, 0.29) is 62.7 Å². The van der Waals surface area contributed by atoms with Crippen LogP contribution in [-0.4, -0.2) is 98.9 Å². The molecule has 6 amide bonds. The van der Waals surface area contributed by atoms with E-state index in [1.807, 2.05) is 74.5 Å². The van der Waals surface area contributed by atoms with Crippen LogP contribution in [0.4, 0.5) is 4.79 Å². The molecule has 15 nitrogen and oxygen atoms in total. The molecule has 1 saturated heterocycles. The molecule has 308 valence electrons. The molecule has 16 heteroatoms. The molecule has 1 fully saturated rings. The lowest BCUT2D eigenvalue weighted by atomic mass is 9.99. The Morgan fingerprint density at radius 3 is 1.75 bits per heavy atom. The van der Waals surface area contributed by atoms with Gasteiger partial charge in [-0.2, -0.15) is 8.42 Å². The highest BCUT2D eigenvalue weighted by molar-refractivity contribution is 7.86. The first-order chi connectivity index (χ1) is 27.3. The maximum atomic E-state index is 14.0. The molecule has 57 heavy (non-hydrogen) atoms. The third-order valence-corrected chi connectivity index (χ3v) is 12.2. The lowest BCUT2D eigenvalue weighted by molar-refractivity contribution is -0.724. The number of amides is 6. The Labute approximate surface area is 335 Å². The number of sulfonamides is 1. The Balaban J connectivity index is 1.54. The number of carbonyl (C=O) groups excluding carboxylic acids is 5. The molecule has 3 aromatic carbocycles. The van der Waals surface area contributed by atoms with Crippen LogP contribution in [0.2, 0.25) is 0 Å². The molecular formula is C41H57N8O7S+. The SMILES string of the molecule is CC(C)C[C@@H](NC(=O)[C@@H](Cc1ccccc1)NC(=O)[C@H](N)Cc1ccccc1)C(=O)N[C@H](CCCCN)C(=O)NC(=O)[N+]1(S(=O)(=O)c2ccccc2)CCNCC1. The van der Waals surface area contributed by atoms with Gasteiger partial charge in [-0.15, -0.1) is 3.89 Å².